The largest absolute Gasteiger partial charge is 0.344 e. The summed E-state index contributed by atoms with van der Waals surface area (Å²) in [6, 6.07) is 9.36. The van der Waals surface area contributed by atoms with E-state index >= 15 is 0 Å². The van der Waals surface area contributed by atoms with Crippen LogP contribution in [-0.2, 0) is 9.59 Å². The van der Waals surface area contributed by atoms with Crippen LogP contribution in [0.15, 0.2) is 30.3 Å². The molecule has 3 rings (SSSR count). The quantitative estimate of drug-likeness (QED) is 0.655. The SMILES string of the molecule is CC1CCC2(CC1)NC(=O)N(NC(=O)CN[C@@H](c1ccccc1)C(C)C)C2=O. The summed E-state index contributed by atoms with van der Waals surface area (Å²) in [5, 5.41) is 6.89. The van der Waals surface area contributed by atoms with Crippen LogP contribution in [0.1, 0.15) is 58.1 Å². The molecule has 3 N–H and O–H groups in total. The number of nitrogens with one attached hydrogen (secondary N) is 3. The predicted molar refractivity (Wildman–Crippen MR) is 106 cm³/mol. The number of urea groups is 1. The fraction of sp³-hybridized carbons (Fsp3) is 0.571. The lowest BCUT2D eigenvalue weighted by molar-refractivity contribution is -0.139. The standard InChI is InChI=1S/C21H30N4O3/c1-14(2)18(16-7-5-4-6-8-16)22-13-17(26)24-25-19(27)21(23-20(25)28)11-9-15(3)10-12-21/h4-8,14-15,18,22H,9-13H2,1-3H3,(H,23,28)(H,24,26)/t15?,18-,21?/m1/s1. The monoisotopic (exact) mass is 386 g/mol. The predicted octanol–water partition coefficient (Wildman–Crippen LogP) is 2.51. The van der Waals surface area contributed by atoms with E-state index in [1.165, 1.54) is 0 Å². The molecule has 0 radical (unpaired) electrons. The van der Waals surface area contributed by atoms with E-state index in [4.69, 9.17) is 0 Å². The van der Waals surface area contributed by atoms with Gasteiger partial charge >= 0.3 is 6.03 Å². The number of nitrogens with zero attached hydrogens (tertiary/aromatic N) is 1. The Labute approximate surface area is 166 Å². The van der Waals surface area contributed by atoms with E-state index < -0.39 is 17.5 Å². The first kappa shape index (κ1) is 20.3. The summed E-state index contributed by atoms with van der Waals surface area (Å²) in [6.45, 7) is 6.32. The number of hydrogen-bond acceptors (Lipinski definition) is 4. The highest BCUT2D eigenvalue weighted by Gasteiger charge is 2.52. The Balaban J connectivity index is 1.58. The van der Waals surface area contributed by atoms with Crippen molar-refractivity contribution in [2.45, 2.75) is 58.0 Å². The van der Waals surface area contributed by atoms with Gasteiger partial charge in [0, 0.05) is 6.04 Å². The van der Waals surface area contributed by atoms with Gasteiger partial charge in [0.15, 0.2) is 0 Å². The maximum Gasteiger partial charge on any atom is 0.344 e. The molecule has 0 aromatic heterocycles. The average Bonchev–Trinajstić information content (AvgIpc) is 2.89. The number of benzene rings is 1. The van der Waals surface area contributed by atoms with Gasteiger partial charge in [-0.15, -0.1) is 0 Å². The Bertz CT molecular complexity index is 726. The van der Waals surface area contributed by atoms with Gasteiger partial charge in [-0.05, 0) is 43.1 Å². The molecule has 1 atom stereocenters. The summed E-state index contributed by atoms with van der Waals surface area (Å²) in [6.07, 6.45) is 3.02. The highest BCUT2D eigenvalue weighted by molar-refractivity contribution is 6.08. The molecule has 4 amide bonds. The number of carbonyl (C=O) groups excluding carboxylic acids is 3. The molecule has 152 valence electrons. The van der Waals surface area contributed by atoms with E-state index in [0.717, 1.165) is 23.4 Å². The van der Waals surface area contributed by atoms with Crippen LogP contribution in [0.3, 0.4) is 0 Å². The van der Waals surface area contributed by atoms with Gasteiger partial charge in [0.25, 0.3) is 11.8 Å². The Kier molecular flexibility index (Phi) is 6.03. The summed E-state index contributed by atoms with van der Waals surface area (Å²) in [5.41, 5.74) is 2.72. The van der Waals surface area contributed by atoms with Crippen molar-refractivity contribution < 1.29 is 14.4 Å². The van der Waals surface area contributed by atoms with E-state index in [1.54, 1.807) is 0 Å². The summed E-state index contributed by atoms with van der Waals surface area (Å²) in [4.78, 5) is 37.5. The van der Waals surface area contributed by atoms with Crippen LogP contribution in [-0.4, -0.2) is 34.9 Å². The number of imide groups is 1. The van der Waals surface area contributed by atoms with Crippen molar-refractivity contribution in [1.82, 2.24) is 21.1 Å². The van der Waals surface area contributed by atoms with E-state index in [2.05, 4.69) is 36.8 Å². The Morgan fingerprint density at radius 3 is 2.46 bits per heavy atom. The third-order valence-corrected chi connectivity index (χ3v) is 5.83. The second-order valence-electron chi connectivity index (χ2n) is 8.38. The van der Waals surface area contributed by atoms with E-state index in [-0.39, 0.29) is 24.4 Å². The molecule has 1 aromatic rings. The van der Waals surface area contributed by atoms with Gasteiger partial charge in [0.1, 0.15) is 5.54 Å². The molecule has 7 nitrogen and oxygen atoms in total. The first-order chi connectivity index (χ1) is 13.3. The lowest BCUT2D eigenvalue weighted by atomic mass is 9.77. The third kappa shape index (κ3) is 4.19. The second-order valence-corrected chi connectivity index (χ2v) is 8.38. The molecular weight excluding hydrogens is 356 g/mol. The molecule has 0 bridgehead atoms. The molecule has 28 heavy (non-hydrogen) atoms. The zero-order valence-electron chi connectivity index (χ0n) is 16.8. The topological polar surface area (TPSA) is 90.5 Å². The van der Waals surface area contributed by atoms with Crippen LogP contribution in [0.25, 0.3) is 0 Å². The number of amides is 4. The van der Waals surface area contributed by atoms with Gasteiger partial charge in [-0.25, -0.2) is 4.79 Å². The van der Waals surface area contributed by atoms with Crippen LogP contribution in [0.4, 0.5) is 4.79 Å². The maximum absolute atomic E-state index is 12.8. The highest BCUT2D eigenvalue weighted by atomic mass is 16.2. The van der Waals surface area contributed by atoms with Crippen LogP contribution < -0.4 is 16.1 Å². The van der Waals surface area contributed by atoms with Crippen molar-refractivity contribution in [3.63, 3.8) is 0 Å². The summed E-state index contributed by atoms with van der Waals surface area (Å²) >= 11 is 0. The smallest absolute Gasteiger partial charge is 0.322 e. The average molecular weight is 386 g/mol. The first-order valence-corrected chi connectivity index (χ1v) is 10.1. The van der Waals surface area contributed by atoms with Gasteiger partial charge in [-0.3, -0.25) is 15.0 Å². The molecule has 7 heteroatoms. The van der Waals surface area contributed by atoms with E-state index in [0.29, 0.717) is 18.8 Å². The fourth-order valence-corrected chi connectivity index (χ4v) is 4.08. The van der Waals surface area contributed by atoms with Crippen LogP contribution in [0.5, 0.6) is 0 Å². The minimum absolute atomic E-state index is 0.00114. The van der Waals surface area contributed by atoms with E-state index in [1.807, 2.05) is 30.3 Å². The van der Waals surface area contributed by atoms with Crippen molar-refractivity contribution in [2.24, 2.45) is 11.8 Å². The molecule has 1 aliphatic carbocycles. The highest BCUT2D eigenvalue weighted by Crippen LogP contribution is 2.35. The molecule has 1 saturated carbocycles. The molecule has 2 aliphatic rings. The number of rotatable bonds is 6. The van der Waals surface area contributed by atoms with Crippen LogP contribution in [0.2, 0.25) is 0 Å². The number of hydrazine groups is 1. The van der Waals surface area contributed by atoms with Crippen molar-refractivity contribution in [3.05, 3.63) is 35.9 Å². The van der Waals surface area contributed by atoms with Crippen LogP contribution in [0, 0.1) is 11.8 Å². The zero-order valence-corrected chi connectivity index (χ0v) is 16.8. The Morgan fingerprint density at radius 1 is 1.21 bits per heavy atom. The number of carbonyl (C=O) groups is 3. The maximum atomic E-state index is 12.8. The van der Waals surface area contributed by atoms with Crippen molar-refractivity contribution in [2.75, 3.05) is 6.54 Å². The molecule has 0 unspecified atom stereocenters. The molecular formula is C21H30N4O3. The van der Waals surface area contributed by atoms with Crippen molar-refractivity contribution >= 4 is 17.8 Å². The first-order valence-electron chi connectivity index (χ1n) is 10.1. The minimum atomic E-state index is -0.852. The minimum Gasteiger partial charge on any atom is -0.322 e. The lowest BCUT2D eigenvalue weighted by Gasteiger charge is -2.33. The van der Waals surface area contributed by atoms with E-state index in [9.17, 15) is 14.4 Å². The normalized spacial score (nSPS) is 25.9. The van der Waals surface area contributed by atoms with Crippen LogP contribution >= 0.6 is 0 Å². The van der Waals surface area contributed by atoms with Gasteiger partial charge in [0.05, 0.1) is 6.54 Å². The van der Waals surface area contributed by atoms with Crippen molar-refractivity contribution in [1.29, 1.82) is 0 Å². The molecule has 1 saturated heterocycles. The Morgan fingerprint density at radius 2 is 1.86 bits per heavy atom. The number of hydrogen-bond donors (Lipinski definition) is 3. The molecule has 2 fully saturated rings. The summed E-state index contributed by atoms with van der Waals surface area (Å²) < 4.78 is 0. The van der Waals surface area contributed by atoms with Gasteiger partial charge in [-0.2, -0.15) is 5.01 Å². The fourth-order valence-electron chi connectivity index (χ4n) is 4.08. The third-order valence-electron chi connectivity index (χ3n) is 5.83. The Hall–Kier alpha value is -2.41. The molecule has 1 aliphatic heterocycles. The molecule has 1 aromatic carbocycles. The second kappa shape index (κ2) is 8.31. The summed E-state index contributed by atoms with van der Waals surface area (Å²) in [7, 11) is 0. The molecule has 1 heterocycles. The van der Waals surface area contributed by atoms with Gasteiger partial charge in [0.2, 0.25) is 0 Å². The lowest BCUT2D eigenvalue weighted by Crippen LogP contribution is -2.52. The van der Waals surface area contributed by atoms with Crippen molar-refractivity contribution in [3.8, 4) is 0 Å². The summed E-state index contributed by atoms with van der Waals surface area (Å²) in [5.74, 6) is 0.0704. The van der Waals surface area contributed by atoms with Gasteiger partial charge < -0.3 is 10.6 Å². The molecule has 1 spiro atoms. The van der Waals surface area contributed by atoms with Gasteiger partial charge in [-0.1, -0.05) is 51.1 Å². The zero-order chi connectivity index (χ0) is 20.3.